The van der Waals surface area contributed by atoms with Crippen molar-refractivity contribution in [2.45, 2.75) is 13.8 Å². The highest BCUT2D eigenvalue weighted by molar-refractivity contribution is 6.46. The van der Waals surface area contributed by atoms with Gasteiger partial charge in [0.1, 0.15) is 22.9 Å². The molecule has 34 heavy (non-hydrogen) atoms. The Kier molecular flexibility index (Phi) is 6.82. The van der Waals surface area contributed by atoms with Crippen molar-refractivity contribution >= 4 is 28.8 Å². The standard InChI is InChI=1S/C27H26N2O5/c1-4-33-19-12-10-11-18(17-19)29-26(30)24(20-13-6-8-15-22(20)32-3)25(27(29)31)28-21-14-7-9-16-23(21)34-5-2/h6-17,28H,4-5H2,1-3H3. The van der Waals surface area contributed by atoms with Crippen molar-refractivity contribution < 1.29 is 23.8 Å². The Morgan fingerprint density at radius 1 is 0.794 bits per heavy atom. The van der Waals surface area contributed by atoms with E-state index < -0.39 is 11.8 Å². The summed E-state index contributed by atoms with van der Waals surface area (Å²) in [6.45, 7) is 4.68. The molecule has 174 valence electrons. The van der Waals surface area contributed by atoms with E-state index in [1.165, 1.54) is 7.11 Å². The number of hydrogen-bond acceptors (Lipinski definition) is 6. The van der Waals surface area contributed by atoms with Gasteiger partial charge in [-0.2, -0.15) is 0 Å². The molecule has 1 aliphatic rings. The first-order valence-electron chi connectivity index (χ1n) is 11.1. The molecule has 0 radical (unpaired) electrons. The van der Waals surface area contributed by atoms with Gasteiger partial charge in [0.2, 0.25) is 0 Å². The van der Waals surface area contributed by atoms with E-state index in [1.807, 2.05) is 32.0 Å². The Labute approximate surface area is 198 Å². The smallest absolute Gasteiger partial charge is 0.282 e. The Hall–Kier alpha value is -4.26. The summed E-state index contributed by atoms with van der Waals surface area (Å²) in [5.41, 5.74) is 1.88. The van der Waals surface area contributed by atoms with E-state index in [-0.39, 0.29) is 11.3 Å². The predicted octanol–water partition coefficient (Wildman–Crippen LogP) is 4.89. The maximum absolute atomic E-state index is 13.7. The number of imide groups is 1. The van der Waals surface area contributed by atoms with Gasteiger partial charge in [-0.05, 0) is 44.2 Å². The second kappa shape index (κ2) is 10.1. The molecule has 0 saturated heterocycles. The number of rotatable bonds is 9. The molecule has 0 aliphatic carbocycles. The molecule has 7 heteroatoms. The number of carbonyl (C=O) groups excluding carboxylic acids is 2. The first kappa shape index (κ1) is 22.9. The van der Waals surface area contributed by atoms with E-state index in [0.29, 0.717) is 47.4 Å². The first-order chi connectivity index (χ1) is 16.6. The van der Waals surface area contributed by atoms with Gasteiger partial charge < -0.3 is 19.5 Å². The second-order valence-electron chi connectivity index (χ2n) is 7.38. The van der Waals surface area contributed by atoms with E-state index in [9.17, 15) is 9.59 Å². The summed E-state index contributed by atoms with van der Waals surface area (Å²) in [7, 11) is 1.53. The molecule has 3 aromatic rings. The van der Waals surface area contributed by atoms with Crippen LogP contribution in [0.3, 0.4) is 0 Å². The minimum Gasteiger partial charge on any atom is -0.496 e. The van der Waals surface area contributed by atoms with Gasteiger partial charge in [0, 0.05) is 11.6 Å². The van der Waals surface area contributed by atoms with Crippen LogP contribution in [-0.2, 0) is 9.59 Å². The molecule has 4 rings (SSSR count). The second-order valence-corrected chi connectivity index (χ2v) is 7.38. The predicted molar refractivity (Wildman–Crippen MR) is 131 cm³/mol. The molecule has 0 aromatic heterocycles. The topological polar surface area (TPSA) is 77.1 Å². The normalized spacial score (nSPS) is 13.3. The lowest BCUT2D eigenvalue weighted by atomic mass is 10.0. The van der Waals surface area contributed by atoms with Gasteiger partial charge in [-0.15, -0.1) is 0 Å². The molecule has 1 aliphatic heterocycles. The monoisotopic (exact) mass is 458 g/mol. The van der Waals surface area contributed by atoms with E-state index in [1.54, 1.807) is 54.6 Å². The number of amides is 2. The average molecular weight is 459 g/mol. The molecule has 1 N–H and O–H groups in total. The van der Waals surface area contributed by atoms with Crippen LogP contribution in [0, 0.1) is 0 Å². The fraction of sp³-hybridized carbons (Fsp3) is 0.185. The van der Waals surface area contributed by atoms with Crippen LogP contribution in [0.4, 0.5) is 11.4 Å². The van der Waals surface area contributed by atoms with Gasteiger partial charge in [0.05, 0.1) is 37.3 Å². The summed E-state index contributed by atoms with van der Waals surface area (Å²) in [5, 5.41) is 3.17. The van der Waals surface area contributed by atoms with E-state index in [4.69, 9.17) is 14.2 Å². The third-order valence-electron chi connectivity index (χ3n) is 5.29. The van der Waals surface area contributed by atoms with Crippen molar-refractivity contribution in [1.29, 1.82) is 0 Å². The Balaban J connectivity index is 1.85. The SMILES string of the molecule is CCOc1cccc(N2C(=O)C(Nc3ccccc3OCC)=C(c3ccccc3OC)C2=O)c1. The van der Waals surface area contributed by atoms with Crippen LogP contribution in [-0.4, -0.2) is 32.1 Å². The molecular weight excluding hydrogens is 432 g/mol. The van der Waals surface area contributed by atoms with E-state index in [2.05, 4.69) is 5.32 Å². The third-order valence-corrected chi connectivity index (χ3v) is 5.29. The molecule has 0 saturated carbocycles. The molecule has 0 atom stereocenters. The number of nitrogens with one attached hydrogen (secondary N) is 1. The number of hydrogen-bond donors (Lipinski definition) is 1. The van der Waals surface area contributed by atoms with Crippen molar-refractivity contribution in [1.82, 2.24) is 0 Å². The van der Waals surface area contributed by atoms with Crippen molar-refractivity contribution in [3.63, 3.8) is 0 Å². The molecule has 0 unspecified atom stereocenters. The molecule has 0 spiro atoms. The van der Waals surface area contributed by atoms with Gasteiger partial charge in [0.15, 0.2) is 0 Å². The summed E-state index contributed by atoms with van der Waals surface area (Å²) in [5.74, 6) is 0.697. The lowest BCUT2D eigenvalue weighted by Crippen LogP contribution is -2.32. The molecule has 0 fully saturated rings. The molecule has 0 bridgehead atoms. The van der Waals surface area contributed by atoms with Crippen molar-refractivity contribution in [3.8, 4) is 17.2 Å². The molecule has 7 nitrogen and oxygen atoms in total. The van der Waals surface area contributed by atoms with Crippen LogP contribution in [0.25, 0.3) is 5.57 Å². The number of ether oxygens (including phenoxy) is 3. The van der Waals surface area contributed by atoms with Crippen LogP contribution in [0.2, 0.25) is 0 Å². The number of anilines is 2. The van der Waals surface area contributed by atoms with Crippen molar-refractivity contribution in [2.24, 2.45) is 0 Å². The largest absolute Gasteiger partial charge is 0.496 e. The zero-order chi connectivity index (χ0) is 24.1. The Morgan fingerprint density at radius 2 is 1.50 bits per heavy atom. The summed E-state index contributed by atoms with van der Waals surface area (Å²) >= 11 is 0. The van der Waals surface area contributed by atoms with Gasteiger partial charge in [-0.3, -0.25) is 9.59 Å². The molecule has 2 amide bonds. The van der Waals surface area contributed by atoms with Gasteiger partial charge >= 0.3 is 0 Å². The fourth-order valence-corrected chi connectivity index (χ4v) is 3.85. The lowest BCUT2D eigenvalue weighted by molar-refractivity contribution is -0.120. The van der Waals surface area contributed by atoms with Crippen molar-refractivity contribution in [3.05, 3.63) is 84.1 Å². The maximum Gasteiger partial charge on any atom is 0.282 e. The highest BCUT2D eigenvalue weighted by Crippen LogP contribution is 2.39. The van der Waals surface area contributed by atoms with Crippen LogP contribution < -0.4 is 24.4 Å². The first-order valence-corrected chi connectivity index (χ1v) is 11.1. The quantitative estimate of drug-likeness (QED) is 0.460. The summed E-state index contributed by atoms with van der Waals surface area (Å²) < 4.78 is 16.8. The number of para-hydroxylation sites is 3. The molecular formula is C27H26N2O5. The van der Waals surface area contributed by atoms with Crippen LogP contribution in [0.15, 0.2) is 78.5 Å². The number of carbonyl (C=O) groups is 2. The Bertz CT molecular complexity index is 1250. The molecule has 3 aromatic carbocycles. The van der Waals surface area contributed by atoms with E-state index >= 15 is 0 Å². The average Bonchev–Trinajstić information content (AvgIpc) is 3.09. The summed E-state index contributed by atoms with van der Waals surface area (Å²) in [6, 6.07) is 21.3. The minimum atomic E-state index is -0.481. The van der Waals surface area contributed by atoms with Gasteiger partial charge in [-0.1, -0.05) is 36.4 Å². The highest BCUT2D eigenvalue weighted by Gasteiger charge is 2.41. The van der Waals surface area contributed by atoms with Crippen LogP contribution in [0.1, 0.15) is 19.4 Å². The lowest BCUT2D eigenvalue weighted by Gasteiger charge is -2.17. The zero-order valence-corrected chi connectivity index (χ0v) is 19.3. The minimum absolute atomic E-state index is 0.142. The van der Waals surface area contributed by atoms with E-state index in [0.717, 1.165) is 4.90 Å². The number of nitrogens with zero attached hydrogens (tertiary/aromatic N) is 1. The summed E-state index contributed by atoms with van der Waals surface area (Å²) in [4.78, 5) is 28.6. The molecule has 1 heterocycles. The van der Waals surface area contributed by atoms with Crippen LogP contribution in [0.5, 0.6) is 17.2 Å². The van der Waals surface area contributed by atoms with Crippen molar-refractivity contribution in [2.75, 3.05) is 30.5 Å². The summed E-state index contributed by atoms with van der Waals surface area (Å²) in [6.07, 6.45) is 0. The van der Waals surface area contributed by atoms with Gasteiger partial charge in [0.25, 0.3) is 11.8 Å². The maximum atomic E-state index is 13.7. The zero-order valence-electron chi connectivity index (χ0n) is 19.3. The van der Waals surface area contributed by atoms with Crippen LogP contribution >= 0.6 is 0 Å². The fourth-order valence-electron chi connectivity index (χ4n) is 3.85. The van der Waals surface area contributed by atoms with Gasteiger partial charge in [-0.25, -0.2) is 4.90 Å². The Morgan fingerprint density at radius 3 is 2.24 bits per heavy atom. The third kappa shape index (κ3) is 4.32. The highest BCUT2D eigenvalue weighted by atomic mass is 16.5. The number of benzene rings is 3. The number of methoxy groups -OCH3 is 1.